The van der Waals surface area contributed by atoms with Crippen LogP contribution >= 0.6 is 0 Å². The summed E-state index contributed by atoms with van der Waals surface area (Å²) < 4.78 is 0. The molecule has 38 valence electrons. The number of aliphatic imine (C=N–C) groups is 1. The van der Waals surface area contributed by atoms with Crippen LogP contribution in [0.15, 0.2) is 17.6 Å². The van der Waals surface area contributed by atoms with Crippen molar-refractivity contribution in [1.82, 2.24) is 0 Å². The van der Waals surface area contributed by atoms with Crippen LogP contribution in [0, 0.1) is 0 Å². The van der Waals surface area contributed by atoms with Crippen molar-refractivity contribution in [3.05, 3.63) is 12.7 Å². The van der Waals surface area contributed by atoms with Crippen LogP contribution in [0.1, 0.15) is 6.92 Å². The van der Waals surface area contributed by atoms with Gasteiger partial charge in [-0.1, -0.05) is 6.08 Å². The zero-order valence-corrected chi connectivity index (χ0v) is 4.22. The van der Waals surface area contributed by atoms with Gasteiger partial charge in [0.15, 0.2) is 0 Å². The third-order valence-electron chi connectivity index (χ3n) is 0.597. The van der Waals surface area contributed by atoms with Crippen LogP contribution in [0.3, 0.4) is 0 Å². The number of isocyanates is 1. The van der Waals surface area contributed by atoms with E-state index in [0.717, 1.165) is 0 Å². The van der Waals surface area contributed by atoms with E-state index in [-0.39, 0.29) is 6.04 Å². The van der Waals surface area contributed by atoms with Gasteiger partial charge in [0.25, 0.3) is 0 Å². The summed E-state index contributed by atoms with van der Waals surface area (Å²) in [6.07, 6.45) is 3.00. The van der Waals surface area contributed by atoms with Crippen LogP contribution < -0.4 is 0 Å². The lowest BCUT2D eigenvalue weighted by Gasteiger charge is -1.86. The first-order chi connectivity index (χ1) is 3.31. The molecular formula is C5H7NO. The molecule has 0 aromatic heterocycles. The van der Waals surface area contributed by atoms with E-state index in [2.05, 4.69) is 11.6 Å². The predicted molar refractivity (Wildman–Crippen MR) is 27.8 cm³/mol. The lowest BCUT2D eigenvalue weighted by Crippen LogP contribution is -1.87. The second-order valence-corrected chi connectivity index (χ2v) is 1.20. The molecular weight excluding hydrogens is 90.1 g/mol. The molecule has 0 unspecified atom stereocenters. The molecule has 0 aromatic carbocycles. The second-order valence-electron chi connectivity index (χ2n) is 1.20. The van der Waals surface area contributed by atoms with Crippen molar-refractivity contribution in [2.75, 3.05) is 0 Å². The number of nitrogens with zero attached hydrogens (tertiary/aromatic N) is 1. The average Bonchev–Trinajstić information content (AvgIpc) is 1.68. The van der Waals surface area contributed by atoms with Crippen molar-refractivity contribution in [3.63, 3.8) is 0 Å². The van der Waals surface area contributed by atoms with Crippen molar-refractivity contribution in [1.29, 1.82) is 0 Å². The second kappa shape index (κ2) is 3.32. The van der Waals surface area contributed by atoms with E-state index in [1.54, 1.807) is 13.0 Å². The van der Waals surface area contributed by atoms with Gasteiger partial charge in [-0.05, 0) is 6.92 Å². The van der Waals surface area contributed by atoms with Gasteiger partial charge < -0.3 is 0 Å². The Kier molecular flexibility index (Phi) is 2.90. The zero-order chi connectivity index (χ0) is 5.70. The molecule has 2 nitrogen and oxygen atoms in total. The fraction of sp³-hybridized carbons (Fsp3) is 0.400. The molecule has 0 heterocycles. The Hall–Kier alpha value is -0.880. The van der Waals surface area contributed by atoms with Crippen LogP contribution in [0.5, 0.6) is 0 Å². The van der Waals surface area contributed by atoms with Crippen LogP contribution in [0.2, 0.25) is 0 Å². The molecule has 0 fully saturated rings. The van der Waals surface area contributed by atoms with Gasteiger partial charge in [-0.15, -0.1) is 6.58 Å². The van der Waals surface area contributed by atoms with Gasteiger partial charge in [0.05, 0.1) is 6.04 Å². The van der Waals surface area contributed by atoms with Gasteiger partial charge in [-0.2, -0.15) is 4.99 Å². The van der Waals surface area contributed by atoms with Crippen molar-refractivity contribution in [2.24, 2.45) is 4.99 Å². The number of rotatable bonds is 2. The summed E-state index contributed by atoms with van der Waals surface area (Å²) in [5.74, 6) is 0. The zero-order valence-electron chi connectivity index (χ0n) is 4.22. The van der Waals surface area contributed by atoms with Gasteiger partial charge in [0.1, 0.15) is 0 Å². The van der Waals surface area contributed by atoms with Crippen LogP contribution in [0.25, 0.3) is 0 Å². The summed E-state index contributed by atoms with van der Waals surface area (Å²) in [5, 5.41) is 0. The maximum absolute atomic E-state index is 9.43. The molecule has 0 saturated carbocycles. The summed E-state index contributed by atoms with van der Waals surface area (Å²) in [4.78, 5) is 12.8. The number of carbonyl (C=O) groups excluding carboxylic acids is 1. The first kappa shape index (κ1) is 6.12. The largest absolute Gasteiger partial charge is 0.235 e. The van der Waals surface area contributed by atoms with E-state index >= 15 is 0 Å². The van der Waals surface area contributed by atoms with Gasteiger partial charge >= 0.3 is 0 Å². The molecule has 2 heteroatoms. The van der Waals surface area contributed by atoms with Crippen LogP contribution in [-0.2, 0) is 4.79 Å². The normalized spacial score (nSPS) is 11.6. The Bertz CT molecular complexity index is 103. The van der Waals surface area contributed by atoms with Gasteiger partial charge in [-0.25, -0.2) is 4.79 Å². The molecule has 1 atom stereocenters. The molecule has 0 aromatic rings. The van der Waals surface area contributed by atoms with Gasteiger partial charge in [0.2, 0.25) is 6.08 Å². The van der Waals surface area contributed by atoms with Crippen molar-refractivity contribution < 1.29 is 4.79 Å². The SMILES string of the molecule is C=C[C@H](C)N=C=O. The minimum atomic E-state index is -0.0856. The Balaban J connectivity index is 3.56. The topological polar surface area (TPSA) is 29.4 Å². The molecule has 0 spiro atoms. The number of hydrogen-bond acceptors (Lipinski definition) is 2. The van der Waals surface area contributed by atoms with E-state index in [4.69, 9.17) is 0 Å². The van der Waals surface area contributed by atoms with Crippen LogP contribution in [-0.4, -0.2) is 12.1 Å². The van der Waals surface area contributed by atoms with Crippen molar-refractivity contribution >= 4 is 6.08 Å². The molecule has 0 saturated heterocycles. The van der Waals surface area contributed by atoms with Crippen molar-refractivity contribution in [2.45, 2.75) is 13.0 Å². The standard InChI is InChI=1S/C5H7NO/c1-3-5(2)6-4-7/h3,5H,1H2,2H3/t5-/m0/s1. The maximum Gasteiger partial charge on any atom is 0.235 e. The average molecular weight is 97.1 g/mol. The highest BCUT2D eigenvalue weighted by Crippen LogP contribution is 1.84. The minimum Gasteiger partial charge on any atom is -0.211 e. The van der Waals surface area contributed by atoms with Gasteiger partial charge in [-0.3, -0.25) is 0 Å². The molecule has 0 amide bonds. The Morgan fingerprint density at radius 2 is 2.57 bits per heavy atom. The molecule has 0 radical (unpaired) electrons. The Morgan fingerprint density at radius 3 is 2.71 bits per heavy atom. The highest BCUT2D eigenvalue weighted by atomic mass is 16.1. The first-order valence-electron chi connectivity index (χ1n) is 2.00. The molecule has 7 heavy (non-hydrogen) atoms. The van der Waals surface area contributed by atoms with Crippen LogP contribution in [0.4, 0.5) is 0 Å². The predicted octanol–water partition coefficient (Wildman–Crippen LogP) is 0.897. The summed E-state index contributed by atoms with van der Waals surface area (Å²) >= 11 is 0. The molecule has 0 aliphatic heterocycles. The lowest BCUT2D eigenvalue weighted by molar-refractivity contribution is 0.561. The molecule has 0 N–H and O–H groups in total. The smallest absolute Gasteiger partial charge is 0.211 e. The number of hydrogen-bond donors (Lipinski definition) is 0. The molecule has 0 aliphatic rings. The third kappa shape index (κ3) is 2.94. The quantitative estimate of drug-likeness (QED) is 0.286. The molecule has 0 rings (SSSR count). The third-order valence-corrected chi connectivity index (χ3v) is 0.597. The molecule has 0 aliphatic carbocycles. The van der Waals surface area contributed by atoms with E-state index in [9.17, 15) is 4.79 Å². The van der Waals surface area contributed by atoms with Crippen molar-refractivity contribution in [3.8, 4) is 0 Å². The minimum absolute atomic E-state index is 0.0856. The van der Waals surface area contributed by atoms with Gasteiger partial charge in [0, 0.05) is 0 Å². The highest BCUT2D eigenvalue weighted by molar-refractivity contribution is 5.33. The lowest BCUT2D eigenvalue weighted by atomic mass is 10.4. The van der Waals surface area contributed by atoms with E-state index in [0.29, 0.717) is 0 Å². The van der Waals surface area contributed by atoms with E-state index in [1.807, 2.05) is 0 Å². The molecule has 0 bridgehead atoms. The Labute approximate surface area is 42.6 Å². The fourth-order valence-electron chi connectivity index (χ4n) is 0.136. The fourth-order valence-corrected chi connectivity index (χ4v) is 0.136. The summed E-state index contributed by atoms with van der Waals surface area (Å²) in [7, 11) is 0. The Morgan fingerprint density at radius 1 is 2.00 bits per heavy atom. The summed E-state index contributed by atoms with van der Waals surface area (Å²) in [6.45, 7) is 5.17. The summed E-state index contributed by atoms with van der Waals surface area (Å²) in [6, 6.07) is -0.0856. The maximum atomic E-state index is 9.43. The summed E-state index contributed by atoms with van der Waals surface area (Å²) in [5.41, 5.74) is 0. The van der Waals surface area contributed by atoms with E-state index < -0.39 is 0 Å². The highest BCUT2D eigenvalue weighted by Gasteiger charge is 1.83. The van der Waals surface area contributed by atoms with E-state index in [1.165, 1.54) is 6.08 Å². The first-order valence-corrected chi connectivity index (χ1v) is 2.00. The monoisotopic (exact) mass is 97.1 g/mol.